The van der Waals surface area contributed by atoms with Crippen molar-refractivity contribution in [2.75, 3.05) is 25.1 Å². The van der Waals surface area contributed by atoms with E-state index in [0.29, 0.717) is 24.7 Å². The van der Waals surface area contributed by atoms with Gasteiger partial charge in [-0.05, 0) is 26.0 Å². The largest absolute Gasteiger partial charge is 0.490 e. The van der Waals surface area contributed by atoms with E-state index in [4.69, 9.17) is 14.6 Å². The molecule has 0 aliphatic heterocycles. The molecule has 20 heavy (non-hydrogen) atoms. The number of anilines is 1. The Morgan fingerprint density at radius 3 is 2.50 bits per heavy atom. The van der Waals surface area contributed by atoms with Crippen LogP contribution in [0.25, 0.3) is 0 Å². The van der Waals surface area contributed by atoms with Gasteiger partial charge >= 0.3 is 5.97 Å². The third kappa shape index (κ3) is 5.36. The summed E-state index contributed by atoms with van der Waals surface area (Å²) in [5, 5.41) is 21.0. The molecule has 1 unspecified atom stereocenters. The van der Waals surface area contributed by atoms with Crippen LogP contribution in [0.15, 0.2) is 18.2 Å². The van der Waals surface area contributed by atoms with Gasteiger partial charge in [-0.15, -0.1) is 0 Å². The van der Waals surface area contributed by atoms with Gasteiger partial charge in [-0.2, -0.15) is 0 Å². The molecule has 0 heterocycles. The number of aliphatic hydroxyl groups is 1. The van der Waals surface area contributed by atoms with Crippen molar-refractivity contribution in [2.45, 2.75) is 26.4 Å². The highest BCUT2D eigenvalue weighted by atomic mass is 16.5. The number of benzene rings is 1. The normalized spacial score (nSPS) is 11.8. The number of carbonyl (C=O) groups is 1. The van der Waals surface area contributed by atoms with Crippen molar-refractivity contribution in [1.82, 2.24) is 0 Å². The van der Waals surface area contributed by atoms with E-state index in [-0.39, 0.29) is 13.0 Å². The van der Waals surface area contributed by atoms with Crippen LogP contribution >= 0.6 is 0 Å². The molecule has 1 aromatic carbocycles. The zero-order chi connectivity index (χ0) is 15.0. The van der Waals surface area contributed by atoms with Gasteiger partial charge in [-0.25, -0.2) is 0 Å². The average Bonchev–Trinajstić information content (AvgIpc) is 2.39. The smallest absolute Gasteiger partial charge is 0.306 e. The van der Waals surface area contributed by atoms with Crippen molar-refractivity contribution in [3.05, 3.63) is 18.2 Å². The molecule has 0 aliphatic rings. The summed E-state index contributed by atoms with van der Waals surface area (Å²) in [5.74, 6) is 0.249. The van der Waals surface area contributed by atoms with Gasteiger partial charge in [0.25, 0.3) is 0 Å². The number of aliphatic carboxylic acids is 1. The van der Waals surface area contributed by atoms with Crippen molar-refractivity contribution < 1.29 is 24.5 Å². The second-order valence-corrected chi connectivity index (χ2v) is 4.16. The zero-order valence-corrected chi connectivity index (χ0v) is 11.8. The van der Waals surface area contributed by atoms with Gasteiger partial charge in [0.05, 0.1) is 25.7 Å². The Morgan fingerprint density at radius 2 is 1.90 bits per heavy atom. The Labute approximate surface area is 118 Å². The lowest BCUT2D eigenvalue weighted by Gasteiger charge is -2.14. The van der Waals surface area contributed by atoms with Gasteiger partial charge in [0.15, 0.2) is 11.5 Å². The van der Waals surface area contributed by atoms with Gasteiger partial charge in [-0.3, -0.25) is 4.79 Å². The number of aliphatic hydroxyl groups excluding tert-OH is 1. The second-order valence-electron chi connectivity index (χ2n) is 4.16. The van der Waals surface area contributed by atoms with Crippen LogP contribution in [-0.2, 0) is 4.79 Å². The Morgan fingerprint density at radius 1 is 1.25 bits per heavy atom. The fourth-order valence-electron chi connectivity index (χ4n) is 1.67. The second kappa shape index (κ2) is 8.27. The maximum Gasteiger partial charge on any atom is 0.306 e. The van der Waals surface area contributed by atoms with Crippen molar-refractivity contribution in [3.63, 3.8) is 0 Å². The van der Waals surface area contributed by atoms with E-state index in [1.54, 1.807) is 18.2 Å². The Bertz CT molecular complexity index is 436. The van der Waals surface area contributed by atoms with E-state index in [9.17, 15) is 9.90 Å². The van der Waals surface area contributed by atoms with E-state index < -0.39 is 12.1 Å². The number of carboxylic acids is 1. The van der Waals surface area contributed by atoms with E-state index >= 15 is 0 Å². The van der Waals surface area contributed by atoms with Crippen LogP contribution < -0.4 is 14.8 Å². The van der Waals surface area contributed by atoms with Crippen LogP contribution in [0.5, 0.6) is 11.5 Å². The Hall–Kier alpha value is -1.95. The Kier molecular flexibility index (Phi) is 6.66. The van der Waals surface area contributed by atoms with Crippen molar-refractivity contribution in [3.8, 4) is 11.5 Å². The summed E-state index contributed by atoms with van der Waals surface area (Å²) >= 11 is 0. The Balaban J connectivity index is 2.66. The first-order chi connectivity index (χ1) is 9.56. The molecule has 0 aliphatic carbocycles. The summed E-state index contributed by atoms with van der Waals surface area (Å²) in [7, 11) is 0. The van der Waals surface area contributed by atoms with Gasteiger partial charge in [0.2, 0.25) is 0 Å². The third-order valence-electron chi connectivity index (χ3n) is 2.50. The van der Waals surface area contributed by atoms with Crippen LogP contribution in [0.4, 0.5) is 5.69 Å². The van der Waals surface area contributed by atoms with Gasteiger partial charge < -0.3 is 25.0 Å². The molecule has 0 amide bonds. The highest BCUT2D eigenvalue weighted by Crippen LogP contribution is 2.30. The molecule has 0 spiro atoms. The van der Waals surface area contributed by atoms with E-state index in [1.165, 1.54) is 0 Å². The number of ether oxygens (including phenoxy) is 2. The molecular formula is C14H21NO5. The predicted molar refractivity (Wildman–Crippen MR) is 75.5 cm³/mol. The minimum absolute atomic E-state index is 0.159. The molecule has 0 saturated carbocycles. The zero-order valence-electron chi connectivity index (χ0n) is 11.8. The summed E-state index contributed by atoms with van der Waals surface area (Å²) in [5.41, 5.74) is 0.737. The SMILES string of the molecule is CCOc1ccc(NCC(O)CC(=O)O)cc1OCC. The maximum absolute atomic E-state index is 10.5. The monoisotopic (exact) mass is 283 g/mol. The highest BCUT2D eigenvalue weighted by molar-refractivity contribution is 5.67. The highest BCUT2D eigenvalue weighted by Gasteiger charge is 2.10. The number of hydrogen-bond donors (Lipinski definition) is 3. The summed E-state index contributed by atoms with van der Waals surface area (Å²) in [6.07, 6.45) is -1.22. The summed E-state index contributed by atoms with van der Waals surface area (Å²) < 4.78 is 10.9. The van der Waals surface area contributed by atoms with Crippen LogP contribution in [0, 0.1) is 0 Å². The molecule has 1 rings (SSSR count). The first-order valence-corrected chi connectivity index (χ1v) is 6.60. The molecular weight excluding hydrogens is 262 g/mol. The van der Waals surface area contributed by atoms with Crippen LogP contribution in [0.2, 0.25) is 0 Å². The quantitative estimate of drug-likeness (QED) is 0.639. The van der Waals surface area contributed by atoms with E-state index in [0.717, 1.165) is 5.69 Å². The molecule has 0 fully saturated rings. The van der Waals surface area contributed by atoms with Gasteiger partial charge in [-0.1, -0.05) is 0 Å². The molecule has 1 atom stereocenters. The summed E-state index contributed by atoms with van der Waals surface area (Å²) in [6.45, 7) is 5.00. The fraction of sp³-hybridized carbons (Fsp3) is 0.500. The fourth-order valence-corrected chi connectivity index (χ4v) is 1.67. The minimum Gasteiger partial charge on any atom is -0.490 e. The lowest BCUT2D eigenvalue weighted by Crippen LogP contribution is -2.22. The van der Waals surface area contributed by atoms with Crippen molar-refractivity contribution >= 4 is 11.7 Å². The standard InChI is InChI=1S/C14H21NO5/c1-3-19-12-6-5-10(7-13(12)20-4-2)15-9-11(16)8-14(17)18/h5-7,11,15-16H,3-4,8-9H2,1-2H3,(H,17,18). The van der Waals surface area contributed by atoms with E-state index in [2.05, 4.69) is 5.32 Å². The average molecular weight is 283 g/mol. The van der Waals surface area contributed by atoms with Gasteiger partial charge in [0.1, 0.15) is 0 Å². The summed E-state index contributed by atoms with van der Waals surface area (Å²) in [6, 6.07) is 5.34. The van der Waals surface area contributed by atoms with Crippen LogP contribution in [0.1, 0.15) is 20.3 Å². The van der Waals surface area contributed by atoms with Crippen LogP contribution in [-0.4, -0.2) is 42.0 Å². The molecule has 0 bridgehead atoms. The molecule has 0 radical (unpaired) electrons. The molecule has 6 nitrogen and oxygen atoms in total. The number of nitrogens with one attached hydrogen (secondary N) is 1. The first-order valence-electron chi connectivity index (χ1n) is 6.60. The molecule has 1 aromatic rings. The predicted octanol–water partition coefficient (Wildman–Crippen LogP) is 1.73. The molecule has 0 saturated heterocycles. The molecule has 6 heteroatoms. The number of hydrogen-bond acceptors (Lipinski definition) is 5. The molecule has 3 N–H and O–H groups in total. The summed E-state index contributed by atoms with van der Waals surface area (Å²) in [4.78, 5) is 10.5. The lowest BCUT2D eigenvalue weighted by molar-refractivity contribution is -0.138. The number of rotatable bonds is 9. The van der Waals surface area contributed by atoms with E-state index in [1.807, 2.05) is 13.8 Å². The maximum atomic E-state index is 10.5. The van der Waals surface area contributed by atoms with Crippen molar-refractivity contribution in [1.29, 1.82) is 0 Å². The van der Waals surface area contributed by atoms with Crippen LogP contribution in [0.3, 0.4) is 0 Å². The first kappa shape index (κ1) is 16.1. The molecule has 0 aromatic heterocycles. The molecule has 112 valence electrons. The van der Waals surface area contributed by atoms with Gasteiger partial charge in [0, 0.05) is 18.3 Å². The number of carboxylic acid groups (broad SMARTS) is 1. The van der Waals surface area contributed by atoms with Crippen molar-refractivity contribution in [2.24, 2.45) is 0 Å². The minimum atomic E-state index is -1.03. The third-order valence-corrected chi connectivity index (χ3v) is 2.50. The topological polar surface area (TPSA) is 88.0 Å². The lowest BCUT2D eigenvalue weighted by atomic mass is 10.2.